The van der Waals surface area contributed by atoms with E-state index >= 15 is 0 Å². The van der Waals surface area contributed by atoms with Gasteiger partial charge in [-0.1, -0.05) is 0 Å². The Bertz CT molecular complexity index is 1640. The summed E-state index contributed by atoms with van der Waals surface area (Å²) in [4.78, 5) is 36.6. The average Bonchev–Trinajstić information content (AvgIpc) is 2.92. The van der Waals surface area contributed by atoms with Crippen molar-refractivity contribution in [2.75, 3.05) is 13.7 Å². The third-order valence-electron chi connectivity index (χ3n) is 5.22. The summed E-state index contributed by atoms with van der Waals surface area (Å²) < 4.78 is 92.3. The average molecular weight is 550 g/mol. The summed E-state index contributed by atoms with van der Waals surface area (Å²) >= 11 is 0. The van der Waals surface area contributed by atoms with Gasteiger partial charge in [0.15, 0.2) is 12.4 Å². The molecule has 4 rings (SSSR count). The quantitative estimate of drug-likeness (QED) is 0.0997. The number of fused-ring (bicyclic) bond motifs is 1. The van der Waals surface area contributed by atoms with Crippen molar-refractivity contribution in [2.45, 2.75) is 6.92 Å². The summed E-state index contributed by atoms with van der Waals surface area (Å²) in [7, 11) is 1.23. The van der Waals surface area contributed by atoms with Gasteiger partial charge in [-0.25, -0.2) is 22.8 Å². The minimum atomic E-state index is -2.38. The molecule has 0 N–H and O–H groups in total. The minimum Gasteiger partial charge on any atom is -0.476 e. The van der Waals surface area contributed by atoms with E-state index in [2.05, 4.69) is 9.47 Å². The van der Waals surface area contributed by atoms with Crippen LogP contribution in [-0.4, -0.2) is 25.7 Å². The Morgan fingerprint density at radius 3 is 2.03 bits per heavy atom. The number of hydrogen-bond donors (Lipinski definition) is 0. The van der Waals surface area contributed by atoms with Gasteiger partial charge >= 0.3 is 11.9 Å². The number of benzene rings is 3. The van der Waals surface area contributed by atoms with Crippen molar-refractivity contribution in [1.29, 1.82) is 0 Å². The summed E-state index contributed by atoms with van der Waals surface area (Å²) in [5.41, 5.74) is -0.318. The summed E-state index contributed by atoms with van der Waals surface area (Å²) in [6.07, 6.45) is 0. The van der Waals surface area contributed by atoms with Gasteiger partial charge in [0.2, 0.25) is 40.3 Å². The first kappa shape index (κ1) is 27.1. The molecule has 0 fully saturated rings. The lowest BCUT2D eigenvalue weighted by atomic mass is 10.2. The molecule has 0 aliphatic carbocycles. The van der Waals surface area contributed by atoms with Crippen LogP contribution < -0.4 is 19.6 Å². The Balaban J connectivity index is 1.50. The fourth-order valence-corrected chi connectivity index (χ4v) is 3.35. The van der Waals surface area contributed by atoms with Crippen molar-refractivity contribution in [2.24, 2.45) is 0 Å². The van der Waals surface area contributed by atoms with Gasteiger partial charge in [-0.3, -0.25) is 4.79 Å². The fraction of sp³-hybridized carbons (Fsp3) is 0.115. The number of rotatable bonds is 7. The smallest absolute Gasteiger partial charge is 0.349 e. The first-order valence-electron chi connectivity index (χ1n) is 10.8. The molecular formula is C26H15F5O8. The normalized spacial score (nSPS) is 10.8. The lowest BCUT2D eigenvalue weighted by Crippen LogP contribution is -2.19. The number of ether oxygens (including phenoxy) is 4. The van der Waals surface area contributed by atoms with Crippen LogP contribution >= 0.6 is 0 Å². The zero-order valence-electron chi connectivity index (χ0n) is 19.9. The maximum atomic E-state index is 13.7. The lowest BCUT2D eigenvalue weighted by Gasteiger charge is -2.11. The standard InChI is InChI=1S/C26H15F5O8/c1-11-24(39-13-5-3-12(4-6-13)26(34)35-2)23(33)15-8-7-14(9-16(15)37-11)38-17(32)10-36-25-21(30)19(28)18(27)20(29)22(25)31/h3-9H,10H2,1-2H3. The summed E-state index contributed by atoms with van der Waals surface area (Å²) in [5, 5.41) is 0.0410. The van der Waals surface area contributed by atoms with Gasteiger partial charge in [0.25, 0.3) is 0 Å². The molecular weight excluding hydrogens is 535 g/mol. The van der Waals surface area contributed by atoms with Crippen LogP contribution in [0.3, 0.4) is 0 Å². The van der Waals surface area contributed by atoms with Crippen molar-refractivity contribution in [3.8, 4) is 23.0 Å². The van der Waals surface area contributed by atoms with Gasteiger partial charge in [0, 0.05) is 6.07 Å². The van der Waals surface area contributed by atoms with E-state index in [4.69, 9.17) is 13.9 Å². The van der Waals surface area contributed by atoms with Crippen LogP contribution in [0.5, 0.6) is 23.0 Å². The van der Waals surface area contributed by atoms with E-state index in [1.807, 2.05) is 0 Å². The number of hydrogen-bond acceptors (Lipinski definition) is 8. The monoisotopic (exact) mass is 550 g/mol. The van der Waals surface area contributed by atoms with E-state index in [1.165, 1.54) is 50.4 Å². The first-order valence-corrected chi connectivity index (χ1v) is 10.8. The molecule has 3 aromatic carbocycles. The zero-order valence-corrected chi connectivity index (χ0v) is 19.9. The predicted octanol–water partition coefficient (Wildman–Crippen LogP) is 5.36. The molecule has 0 bridgehead atoms. The topological polar surface area (TPSA) is 101 Å². The van der Waals surface area contributed by atoms with Crippen LogP contribution in [0, 0.1) is 36.0 Å². The van der Waals surface area contributed by atoms with Gasteiger partial charge < -0.3 is 23.4 Å². The molecule has 0 aliphatic rings. The molecule has 0 amide bonds. The molecule has 0 saturated carbocycles. The number of aryl methyl sites for hydroxylation is 1. The fourth-order valence-electron chi connectivity index (χ4n) is 3.35. The molecule has 0 unspecified atom stereocenters. The number of halogens is 5. The van der Waals surface area contributed by atoms with E-state index in [9.17, 15) is 36.3 Å². The van der Waals surface area contributed by atoms with Crippen molar-refractivity contribution < 1.29 is 54.9 Å². The van der Waals surface area contributed by atoms with Crippen LogP contribution in [0.4, 0.5) is 22.0 Å². The van der Waals surface area contributed by atoms with Gasteiger partial charge in [0.05, 0.1) is 18.1 Å². The number of carbonyl (C=O) groups excluding carboxylic acids is 2. The predicted molar refractivity (Wildman–Crippen MR) is 122 cm³/mol. The largest absolute Gasteiger partial charge is 0.476 e. The van der Waals surface area contributed by atoms with Gasteiger partial charge in [0.1, 0.15) is 22.8 Å². The van der Waals surface area contributed by atoms with E-state index in [0.29, 0.717) is 0 Å². The highest BCUT2D eigenvalue weighted by Gasteiger charge is 2.27. The molecule has 4 aromatic rings. The van der Waals surface area contributed by atoms with Crippen LogP contribution in [0.1, 0.15) is 16.1 Å². The number of carbonyl (C=O) groups is 2. The molecule has 39 heavy (non-hydrogen) atoms. The van der Waals surface area contributed by atoms with Gasteiger partial charge in [-0.15, -0.1) is 0 Å². The highest BCUT2D eigenvalue weighted by atomic mass is 19.2. The molecule has 0 aliphatic heterocycles. The Labute approximate surface area is 215 Å². The van der Waals surface area contributed by atoms with E-state index < -0.39 is 58.8 Å². The van der Waals surface area contributed by atoms with Crippen LogP contribution in [-0.2, 0) is 9.53 Å². The second-order valence-corrected chi connectivity index (χ2v) is 7.75. The Hall–Kier alpha value is -4.94. The van der Waals surface area contributed by atoms with Crippen molar-refractivity contribution in [3.63, 3.8) is 0 Å². The van der Waals surface area contributed by atoms with Crippen molar-refractivity contribution in [3.05, 3.63) is 93.1 Å². The molecule has 13 heteroatoms. The lowest BCUT2D eigenvalue weighted by molar-refractivity contribution is -0.136. The van der Waals surface area contributed by atoms with Crippen LogP contribution in [0.15, 0.2) is 51.7 Å². The Kier molecular flexibility index (Phi) is 7.51. The third-order valence-corrected chi connectivity index (χ3v) is 5.22. The molecule has 8 nitrogen and oxygen atoms in total. The van der Waals surface area contributed by atoms with Gasteiger partial charge in [-0.2, -0.15) is 8.78 Å². The maximum Gasteiger partial charge on any atom is 0.349 e. The maximum absolute atomic E-state index is 13.7. The van der Waals surface area contributed by atoms with Crippen LogP contribution in [0.25, 0.3) is 11.0 Å². The molecule has 0 radical (unpaired) electrons. The molecule has 0 saturated heterocycles. The van der Waals surface area contributed by atoms with Gasteiger partial charge in [-0.05, 0) is 43.3 Å². The summed E-state index contributed by atoms with van der Waals surface area (Å²) in [6, 6.07) is 9.39. The molecule has 0 atom stereocenters. The highest BCUT2D eigenvalue weighted by molar-refractivity contribution is 5.89. The van der Waals surface area contributed by atoms with Crippen LogP contribution in [0.2, 0.25) is 0 Å². The van der Waals surface area contributed by atoms with E-state index in [-0.39, 0.29) is 39.5 Å². The summed E-state index contributed by atoms with van der Waals surface area (Å²) in [6.45, 7) is 0.233. The Morgan fingerprint density at radius 2 is 1.41 bits per heavy atom. The Morgan fingerprint density at radius 1 is 0.821 bits per heavy atom. The number of methoxy groups -OCH3 is 1. The molecule has 1 heterocycles. The summed E-state index contributed by atoms with van der Waals surface area (Å²) in [5.74, 6) is -14.8. The SMILES string of the molecule is COC(=O)c1ccc(Oc2c(C)oc3cc(OC(=O)COc4c(F)c(F)c(F)c(F)c4F)ccc3c2=O)cc1. The van der Waals surface area contributed by atoms with Crippen molar-refractivity contribution >= 4 is 22.9 Å². The minimum absolute atomic E-state index is 0.0168. The molecule has 202 valence electrons. The van der Waals surface area contributed by atoms with E-state index in [1.54, 1.807) is 0 Å². The second kappa shape index (κ2) is 10.8. The second-order valence-electron chi connectivity index (χ2n) is 7.75. The van der Waals surface area contributed by atoms with Crippen molar-refractivity contribution in [1.82, 2.24) is 0 Å². The molecule has 0 spiro atoms. The zero-order chi connectivity index (χ0) is 28.4. The first-order chi connectivity index (χ1) is 18.5. The highest BCUT2D eigenvalue weighted by Crippen LogP contribution is 2.30. The molecule has 1 aromatic heterocycles. The van der Waals surface area contributed by atoms with E-state index in [0.717, 1.165) is 6.07 Å². The third kappa shape index (κ3) is 5.37. The number of esters is 2.